The normalized spacial score (nSPS) is 10.5. The van der Waals surface area contributed by atoms with Crippen molar-refractivity contribution in [1.29, 1.82) is 0 Å². The van der Waals surface area contributed by atoms with Crippen LogP contribution in [0.25, 0.3) is 6.08 Å². The number of halogens is 2. The summed E-state index contributed by atoms with van der Waals surface area (Å²) in [5.74, 6) is -0.956. The molecule has 0 atom stereocenters. The lowest BCUT2D eigenvalue weighted by molar-refractivity contribution is -0.117. The Balaban J connectivity index is 1.90. The minimum atomic E-state index is -0.497. The predicted molar refractivity (Wildman–Crippen MR) is 85.3 cm³/mol. The van der Waals surface area contributed by atoms with Gasteiger partial charge in [-0.15, -0.1) is 0 Å². The molecule has 0 spiro atoms. The lowest BCUT2D eigenvalue weighted by Gasteiger charge is -2.04. The molecule has 1 aromatic heterocycles. The van der Waals surface area contributed by atoms with Crippen LogP contribution in [0.3, 0.4) is 0 Å². The van der Waals surface area contributed by atoms with Gasteiger partial charge in [-0.3, -0.25) is 25.4 Å². The van der Waals surface area contributed by atoms with Gasteiger partial charge in [0.05, 0.1) is 5.56 Å². The molecular formula is C15H11Cl2N3O2. The Bertz CT molecular complexity index is 718. The number of benzene rings is 1. The molecule has 0 bridgehead atoms. The van der Waals surface area contributed by atoms with Crippen molar-refractivity contribution < 1.29 is 9.59 Å². The first-order chi connectivity index (χ1) is 10.6. The molecule has 0 saturated heterocycles. The van der Waals surface area contributed by atoms with Crippen molar-refractivity contribution in [2.75, 3.05) is 0 Å². The highest BCUT2D eigenvalue weighted by Gasteiger charge is 2.05. The summed E-state index contributed by atoms with van der Waals surface area (Å²) in [6.45, 7) is 0. The van der Waals surface area contributed by atoms with Crippen LogP contribution in [0.2, 0.25) is 10.0 Å². The lowest BCUT2D eigenvalue weighted by atomic mass is 10.2. The van der Waals surface area contributed by atoms with Gasteiger partial charge in [0.2, 0.25) is 0 Å². The van der Waals surface area contributed by atoms with Crippen LogP contribution in [-0.2, 0) is 4.79 Å². The number of hydrazine groups is 1. The van der Waals surface area contributed by atoms with E-state index in [1.54, 1.807) is 36.5 Å². The Morgan fingerprint density at radius 1 is 1.14 bits per heavy atom. The van der Waals surface area contributed by atoms with E-state index in [1.165, 1.54) is 18.3 Å². The molecule has 7 heteroatoms. The maximum Gasteiger partial charge on any atom is 0.271 e. The van der Waals surface area contributed by atoms with Gasteiger partial charge < -0.3 is 0 Å². The Morgan fingerprint density at radius 3 is 2.64 bits per heavy atom. The molecule has 0 saturated carbocycles. The number of hydrogen-bond acceptors (Lipinski definition) is 3. The van der Waals surface area contributed by atoms with Gasteiger partial charge in [-0.25, -0.2) is 0 Å². The minimum absolute atomic E-state index is 0.340. The second-order valence-electron chi connectivity index (χ2n) is 4.18. The van der Waals surface area contributed by atoms with E-state index in [-0.39, 0.29) is 0 Å². The summed E-state index contributed by atoms with van der Waals surface area (Å²) in [6, 6.07) is 8.12. The zero-order valence-electron chi connectivity index (χ0n) is 11.2. The number of carbonyl (C=O) groups is 2. The van der Waals surface area contributed by atoms with E-state index in [2.05, 4.69) is 15.8 Å². The van der Waals surface area contributed by atoms with Crippen LogP contribution >= 0.6 is 23.2 Å². The Hall–Kier alpha value is -2.37. The summed E-state index contributed by atoms with van der Waals surface area (Å²) in [4.78, 5) is 27.1. The van der Waals surface area contributed by atoms with Gasteiger partial charge in [-0.1, -0.05) is 29.3 Å². The molecule has 0 aliphatic rings. The zero-order chi connectivity index (χ0) is 15.9. The minimum Gasteiger partial charge on any atom is -0.268 e. The van der Waals surface area contributed by atoms with E-state index < -0.39 is 11.8 Å². The number of nitrogens with one attached hydrogen (secondary N) is 2. The molecule has 2 amide bonds. The van der Waals surface area contributed by atoms with Crippen LogP contribution in [0, 0.1) is 0 Å². The number of aromatic nitrogens is 1. The summed E-state index contributed by atoms with van der Waals surface area (Å²) >= 11 is 11.8. The number of hydrogen-bond donors (Lipinski definition) is 2. The van der Waals surface area contributed by atoms with Gasteiger partial charge in [0.25, 0.3) is 11.8 Å². The van der Waals surface area contributed by atoms with Crippen molar-refractivity contribution >= 4 is 41.1 Å². The molecule has 0 radical (unpaired) electrons. The number of amides is 2. The second-order valence-corrected chi connectivity index (χ2v) is 5.03. The largest absolute Gasteiger partial charge is 0.271 e. The fraction of sp³-hybridized carbons (Fsp3) is 0. The second kappa shape index (κ2) is 7.59. The third-order valence-electron chi connectivity index (χ3n) is 2.60. The van der Waals surface area contributed by atoms with Crippen LogP contribution in [0.5, 0.6) is 0 Å². The molecule has 5 nitrogen and oxygen atoms in total. The van der Waals surface area contributed by atoms with Gasteiger partial charge in [0.15, 0.2) is 0 Å². The number of pyridine rings is 1. The molecule has 1 aromatic carbocycles. The van der Waals surface area contributed by atoms with Crippen LogP contribution in [0.1, 0.15) is 15.9 Å². The van der Waals surface area contributed by atoms with E-state index in [0.717, 1.165) is 0 Å². The first-order valence-corrected chi connectivity index (χ1v) is 6.95. The molecule has 0 fully saturated rings. The Labute approximate surface area is 136 Å². The fourth-order valence-corrected chi connectivity index (χ4v) is 2.00. The van der Waals surface area contributed by atoms with Gasteiger partial charge in [-0.2, -0.15) is 0 Å². The molecule has 112 valence electrons. The van der Waals surface area contributed by atoms with Gasteiger partial charge >= 0.3 is 0 Å². The average molecular weight is 336 g/mol. The van der Waals surface area contributed by atoms with Crippen molar-refractivity contribution in [3.05, 3.63) is 70.0 Å². The standard InChI is InChI=1S/C15H11Cl2N3O2/c16-12-5-3-10(13(17)8-12)4-6-14(21)19-20-15(22)11-2-1-7-18-9-11/h1-9H,(H,19,21)(H,20,22)/b6-4+. The highest BCUT2D eigenvalue weighted by Crippen LogP contribution is 2.21. The van der Waals surface area contributed by atoms with E-state index >= 15 is 0 Å². The Morgan fingerprint density at radius 2 is 1.95 bits per heavy atom. The third-order valence-corrected chi connectivity index (χ3v) is 3.16. The van der Waals surface area contributed by atoms with E-state index in [4.69, 9.17) is 23.2 Å². The summed E-state index contributed by atoms with van der Waals surface area (Å²) < 4.78 is 0. The van der Waals surface area contributed by atoms with Crippen LogP contribution in [0.4, 0.5) is 0 Å². The number of carbonyl (C=O) groups excluding carboxylic acids is 2. The average Bonchev–Trinajstić information content (AvgIpc) is 2.52. The van der Waals surface area contributed by atoms with Gasteiger partial charge in [-0.05, 0) is 35.9 Å². The monoisotopic (exact) mass is 335 g/mol. The summed E-state index contributed by atoms with van der Waals surface area (Å²) in [7, 11) is 0. The van der Waals surface area contributed by atoms with Crippen LogP contribution < -0.4 is 10.9 Å². The maximum absolute atomic E-state index is 11.7. The van der Waals surface area contributed by atoms with Gasteiger partial charge in [0.1, 0.15) is 0 Å². The molecule has 2 aromatic rings. The van der Waals surface area contributed by atoms with E-state index in [9.17, 15) is 9.59 Å². The van der Waals surface area contributed by atoms with Crippen molar-refractivity contribution in [2.24, 2.45) is 0 Å². The first kappa shape index (κ1) is 16.0. The molecule has 22 heavy (non-hydrogen) atoms. The predicted octanol–water partition coefficient (Wildman–Crippen LogP) is 2.86. The number of rotatable bonds is 3. The summed E-state index contributed by atoms with van der Waals surface area (Å²) in [5.41, 5.74) is 5.51. The van der Waals surface area contributed by atoms with Crippen molar-refractivity contribution in [1.82, 2.24) is 15.8 Å². The topological polar surface area (TPSA) is 71.1 Å². The summed E-state index contributed by atoms with van der Waals surface area (Å²) in [5, 5.41) is 0.936. The highest BCUT2D eigenvalue weighted by atomic mass is 35.5. The van der Waals surface area contributed by atoms with Gasteiger partial charge in [0, 0.05) is 28.5 Å². The zero-order valence-corrected chi connectivity index (χ0v) is 12.7. The molecule has 1 heterocycles. The highest BCUT2D eigenvalue weighted by molar-refractivity contribution is 6.35. The smallest absolute Gasteiger partial charge is 0.268 e. The quantitative estimate of drug-likeness (QED) is 0.669. The molecular weight excluding hydrogens is 325 g/mol. The van der Waals surface area contributed by atoms with Crippen LogP contribution in [0.15, 0.2) is 48.8 Å². The lowest BCUT2D eigenvalue weighted by Crippen LogP contribution is -2.40. The molecule has 0 aliphatic carbocycles. The molecule has 2 rings (SSSR count). The maximum atomic E-state index is 11.7. The van der Waals surface area contributed by atoms with Crippen LogP contribution in [-0.4, -0.2) is 16.8 Å². The van der Waals surface area contributed by atoms with Crippen molar-refractivity contribution in [2.45, 2.75) is 0 Å². The molecule has 0 aliphatic heterocycles. The Kier molecular flexibility index (Phi) is 5.52. The number of nitrogens with zero attached hydrogens (tertiary/aromatic N) is 1. The fourth-order valence-electron chi connectivity index (χ4n) is 1.53. The van der Waals surface area contributed by atoms with E-state index in [0.29, 0.717) is 21.2 Å². The van der Waals surface area contributed by atoms with E-state index in [1.807, 2.05) is 0 Å². The third kappa shape index (κ3) is 4.58. The SMILES string of the molecule is O=C(/C=C/c1ccc(Cl)cc1Cl)NNC(=O)c1cccnc1. The first-order valence-electron chi connectivity index (χ1n) is 6.20. The van der Waals surface area contributed by atoms with Crippen molar-refractivity contribution in [3.8, 4) is 0 Å². The summed E-state index contributed by atoms with van der Waals surface area (Å²) in [6.07, 6.45) is 5.71. The molecule has 2 N–H and O–H groups in total. The van der Waals surface area contributed by atoms with Crippen molar-refractivity contribution in [3.63, 3.8) is 0 Å². The molecule has 0 unspecified atom stereocenters.